The summed E-state index contributed by atoms with van der Waals surface area (Å²) in [4.78, 5) is 23.0. The van der Waals surface area contributed by atoms with Crippen LogP contribution in [-0.4, -0.2) is 66.3 Å². The molecule has 2 heterocycles. The van der Waals surface area contributed by atoms with Crippen LogP contribution in [0.2, 0.25) is 0 Å². The van der Waals surface area contributed by atoms with Gasteiger partial charge in [0.15, 0.2) is 11.5 Å². The summed E-state index contributed by atoms with van der Waals surface area (Å²) in [7, 11) is 2.58. The minimum Gasteiger partial charge on any atom is -0.496 e. The van der Waals surface area contributed by atoms with Gasteiger partial charge < -0.3 is 23.7 Å². The number of aromatic nitrogens is 3. The zero-order valence-electron chi connectivity index (χ0n) is 16.4. The molecule has 0 aromatic carbocycles. The van der Waals surface area contributed by atoms with Crippen molar-refractivity contribution in [3.8, 4) is 0 Å². The summed E-state index contributed by atoms with van der Waals surface area (Å²) in [6.07, 6.45) is 5.03. The van der Waals surface area contributed by atoms with E-state index in [0.717, 1.165) is 0 Å². The first-order chi connectivity index (χ1) is 13.3. The minimum absolute atomic E-state index is 0.115. The number of nitrogens with zero attached hydrogens (tertiary/aromatic N) is 3. The molecule has 3 rings (SSSR count). The van der Waals surface area contributed by atoms with Gasteiger partial charge in [-0.3, -0.25) is 0 Å². The Hall–Kier alpha value is -2.46. The molecule has 0 N–H and O–H groups in total. The SMILES string of the molecule is COC(=O)/C=C/O[C@@H]1CC2(COC(C)(C)OC2)C[C@H]1n1cc(C(=O)OC)nn1. The summed E-state index contributed by atoms with van der Waals surface area (Å²) in [5, 5.41) is 7.94. The van der Waals surface area contributed by atoms with Crippen molar-refractivity contribution in [2.75, 3.05) is 27.4 Å². The second-order valence-corrected chi connectivity index (χ2v) is 7.53. The van der Waals surface area contributed by atoms with E-state index in [0.29, 0.717) is 26.1 Å². The number of carbonyl (C=O) groups is 2. The van der Waals surface area contributed by atoms with E-state index >= 15 is 0 Å². The molecule has 154 valence electrons. The van der Waals surface area contributed by atoms with Crippen LogP contribution in [0.15, 0.2) is 18.5 Å². The molecule has 1 spiro atoms. The molecule has 28 heavy (non-hydrogen) atoms. The first-order valence-corrected chi connectivity index (χ1v) is 8.95. The quantitative estimate of drug-likeness (QED) is 0.413. The molecule has 1 aliphatic carbocycles. The third kappa shape index (κ3) is 4.33. The standard InChI is InChI=1S/C18H25N3O7/c1-17(2)27-10-18(11-28-17)7-13(14(8-18)26-6-5-15(22)24-3)21-9-12(19-20-21)16(23)25-4/h5-6,9,13-14H,7-8,10-11H2,1-4H3/b6-5+/t13-,14-/m1/s1. The Morgan fingerprint density at radius 3 is 2.57 bits per heavy atom. The van der Waals surface area contributed by atoms with Crippen LogP contribution in [0.4, 0.5) is 0 Å². The highest BCUT2D eigenvalue weighted by atomic mass is 16.7. The zero-order chi connectivity index (χ0) is 20.4. The van der Waals surface area contributed by atoms with Gasteiger partial charge in [-0.2, -0.15) is 0 Å². The summed E-state index contributed by atoms with van der Waals surface area (Å²) in [6, 6.07) is -0.221. The van der Waals surface area contributed by atoms with Crippen LogP contribution < -0.4 is 0 Å². The van der Waals surface area contributed by atoms with E-state index in [9.17, 15) is 9.59 Å². The molecule has 1 aromatic heterocycles. The molecule has 1 aromatic rings. The van der Waals surface area contributed by atoms with Crippen LogP contribution >= 0.6 is 0 Å². The smallest absolute Gasteiger partial charge is 0.360 e. The number of hydrogen-bond acceptors (Lipinski definition) is 9. The molecule has 0 unspecified atom stereocenters. The molecule has 10 heteroatoms. The largest absolute Gasteiger partial charge is 0.496 e. The number of carbonyl (C=O) groups excluding carboxylic acids is 2. The molecule has 0 amide bonds. The summed E-state index contributed by atoms with van der Waals surface area (Å²) < 4.78 is 28.4. The van der Waals surface area contributed by atoms with E-state index in [1.807, 2.05) is 13.8 Å². The lowest BCUT2D eigenvalue weighted by atomic mass is 9.86. The van der Waals surface area contributed by atoms with Crippen molar-refractivity contribution >= 4 is 11.9 Å². The number of ether oxygens (including phenoxy) is 5. The number of rotatable bonds is 5. The lowest BCUT2D eigenvalue weighted by molar-refractivity contribution is -0.285. The average molecular weight is 395 g/mol. The monoisotopic (exact) mass is 395 g/mol. The summed E-state index contributed by atoms with van der Waals surface area (Å²) in [5.41, 5.74) is -0.147. The molecule has 0 radical (unpaired) electrons. The number of methoxy groups -OCH3 is 2. The van der Waals surface area contributed by atoms with E-state index < -0.39 is 17.7 Å². The van der Waals surface area contributed by atoms with Crippen molar-refractivity contribution in [1.29, 1.82) is 0 Å². The van der Waals surface area contributed by atoms with Crippen molar-refractivity contribution < 1.29 is 33.3 Å². The van der Waals surface area contributed by atoms with Gasteiger partial charge in [-0.1, -0.05) is 5.21 Å². The molecule has 2 aliphatic rings. The Bertz CT molecular complexity index is 748. The fourth-order valence-electron chi connectivity index (χ4n) is 3.50. The molecule has 10 nitrogen and oxygen atoms in total. The van der Waals surface area contributed by atoms with E-state index in [1.54, 1.807) is 4.68 Å². The van der Waals surface area contributed by atoms with Crippen molar-refractivity contribution in [2.45, 2.75) is 44.6 Å². The first kappa shape index (κ1) is 20.3. The summed E-state index contributed by atoms with van der Waals surface area (Å²) in [6.45, 7) is 4.77. The van der Waals surface area contributed by atoms with Crippen LogP contribution in [0.25, 0.3) is 0 Å². The third-order valence-electron chi connectivity index (χ3n) is 5.06. The van der Waals surface area contributed by atoms with Gasteiger partial charge in [0.25, 0.3) is 0 Å². The normalized spacial score (nSPS) is 25.7. The van der Waals surface area contributed by atoms with Crippen LogP contribution in [0.3, 0.4) is 0 Å². The Morgan fingerprint density at radius 2 is 1.93 bits per heavy atom. The summed E-state index contributed by atoms with van der Waals surface area (Å²) in [5.74, 6) is -1.70. The molecule has 1 saturated heterocycles. The Labute approximate surface area is 162 Å². The van der Waals surface area contributed by atoms with Crippen LogP contribution in [0.1, 0.15) is 43.2 Å². The lowest BCUT2D eigenvalue weighted by Gasteiger charge is -2.41. The van der Waals surface area contributed by atoms with Gasteiger partial charge in [0, 0.05) is 5.41 Å². The van der Waals surface area contributed by atoms with Crippen molar-refractivity contribution in [3.63, 3.8) is 0 Å². The maximum atomic E-state index is 11.7. The second-order valence-electron chi connectivity index (χ2n) is 7.53. The number of esters is 2. The molecular formula is C18H25N3O7. The van der Waals surface area contributed by atoms with Crippen LogP contribution in [0.5, 0.6) is 0 Å². The fraction of sp³-hybridized carbons (Fsp3) is 0.667. The first-order valence-electron chi connectivity index (χ1n) is 8.95. The van der Waals surface area contributed by atoms with Crippen molar-refractivity contribution in [3.05, 3.63) is 24.2 Å². The molecule has 0 bridgehead atoms. The molecule has 1 aliphatic heterocycles. The van der Waals surface area contributed by atoms with E-state index in [1.165, 1.54) is 32.8 Å². The van der Waals surface area contributed by atoms with Crippen molar-refractivity contribution in [2.24, 2.45) is 5.41 Å². The van der Waals surface area contributed by atoms with Gasteiger partial charge in [0.05, 0.1) is 52.0 Å². The van der Waals surface area contributed by atoms with E-state index in [4.69, 9.17) is 14.2 Å². The van der Waals surface area contributed by atoms with Gasteiger partial charge >= 0.3 is 11.9 Å². The fourth-order valence-corrected chi connectivity index (χ4v) is 3.50. The van der Waals surface area contributed by atoms with Gasteiger partial charge in [0.2, 0.25) is 0 Å². The predicted octanol–water partition coefficient (Wildman–Crippen LogP) is 1.24. The topological polar surface area (TPSA) is 111 Å². The predicted molar refractivity (Wildman–Crippen MR) is 94.1 cm³/mol. The maximum Gasteiger partial charge on any atom is 0.360 e. The Morgan fingerprint density at radius 1 is 1.21 bits per heavy atom. The Balaban J connectivity index is 1.79. The van der Waals surface area contributed by atoms with E-state index in [2.05, 4.69) is 19.8 Å². The minimum atomic E-state index is -0.629. The highest BCUT2D eigenvalue weighted by molar-refractivity contribution is 5.86. The molecule has 2 fully saturated rings. The van der Waals surface area contributed by atoms with Crippen molar-refractivity contribution in [1.82, 2.24) is 15.0 Å². The van der Waals surface area contributed by atoms with E-state index in [-0.39, 0.29) is 23.3 Å². The molecule has 2 atom stereocenters. The molecule has 1 saturated carbocycles. The maximum absolute atomic E-state index is 11.7. The van der Waals surface area contributed by atoms with Gasteiger partial charge in [-0.15, -0.1) is 5.10 Å². The van der Waals surface area contributed by atoms with Gasteiger partial charge in [-0.05, 0) is 26.7 Å². The van der Waals surface area contributed by atoms with Gasteiger partial charge in [0.1, 0.15) is 6.10 Å². The van der Waals surface area contributed by atoms with Crippen LogP contribution in [-0.2, 0) is 28.5 Å². The summed E-state index contributed by atoms with van der Waals surface area (Å²) >= 11 is 0. The highest BCUT2D eigenvalue weighted by Gasteiger charge is 2.51. The lowest BCUT2D eigenvalue weighted by Crippen LogP contribution is -2.45. The Kier molecular flexibility index (Phi) is 5.71. The van der Waals surface area contributed by atoms with Crippen LogP contribution in [0, 0.1) is 5.41 Å². The number of hydrogen-bond donors (Lipinski definition) is 0. The third-order valence-corrected chi connectivity index (χ3v) is 5.06. The highest BCUT2D eigenvalue weighted by Crippen LogP contribution is 2.49. The second kappa shape index (κ2) is 7.88. The molecular weight excluding hydrogens is 370 g/mol. The zero-order valence-corrected chi connectivity index (χ0v) is 16.4. The average Bonchev–Trinajstić information content (AvgIpc) is 3.29. The van der Waals surface area contributed by atoms with Gasteiger partial charge in [-0.25, -0.2) is 14.3 Å².